The Kier molecular flexibility index (Phi) is 3.18. The molecule has 2 saturated carbocycles. The molecule has 1 heterocycles. The summed E-state index contributed by atoms with van der Waals surface area (Å²) in [4.78, 5) is 8.81. The number of halogens is 1. The van der Waals surface area contributed by atoms with Crippen molar-refractivity contribution in [3.8, 4) is 0 Å². The first-order valence-corrected chi connectivity index (χ1v) is 7.27. The molecule has 0 radical (unpaired) electrons. The second-order valence-corrected chi connectivity index (χ2v) is 6.11. The SMILES string of the molecule is Cc1nc(Cl)c(NCC(C2CC2)C2CC2)nc1C. The monoisotopic (exact) mass is 265 g/mol. The van der Waals surface area contributed by atoms with Crippen LogP contribution in [0.25, 0.3) is 0 Å². The van der Waals surface area contributed by atoms with Crippen LogP contribution < -0.4 is 5.32 Å². The molecule has 3 rings (SSSR count). The van der Waals surface area contributed by atoms with Gasteiger partial charge in [-0.25, -0.2) is 9.97 Å². The van der Waals surface area contributed by atoms with E-state index in [0.29, 0.717) is 5.15 Å². The van der Waals surface area contributed by atoms with Gasteiger partial charge in [-0.3, -0.25) is 0 Å². The molecule has 1 N–H and O–H groups in total. The maximum atomic E-state index is 6.14. The highest BCUT2D eigenvalue weighted by Gasteiger charge is 2.41. The van der Waals surface area contributed by atoms with Crippen LogP contribution in [-0.4, -0.2) is 16.5 Å². The van der Waals surface area contributed by atoms with E-state index in [9.17, 15) is 0 Å². The highest BCUT2D eigenvalue weighted by Crippen LogP contribution is 2.49. The molecule has 4 heteroatoms. The van der Waals surface area contributed by atoms with E-state index >= 15 is 0 Å². The van der Waals surface area contributed by atoms with Crippen molar-refractivity contribution in [2.45, 2.75) is 39.5 Å². The minimum atomic E-state index is 0.503. The lowest BCUT2D eigenvalue weighted by molar-refractivity contribution is 0.427. The molecule has 2 aliphatic rings. The molecular formula is C14H20ClN3. The fourth-order valence-corrected chi connectivity index (χ4v) is 2.91. The lowest BCUT2D eigenvalue weighted by Crippen LogP contribution is -2.19. The molecule has 98 valence electrons. The Morgan fingerprint density at radius 1 is 1.11 bits per heavy atom. The fraction of sp³-hybridized carbons (Fsp3) is 0.714. The predicted octanol–water partition coefficient (Wildman–Crippen LogP) is 3.59. The molecule has 0 aliphatic heterocycles. The summed E-state index contributed by atoms with van der Waals surface area (Å²) in [6.07, 6.45) is 5.65. The molecule has 1 aromatic rings. The van der Waals surface area contributed by atoms with Gasteiger partial charge in [0.2, 0.25) is 0 Å². The summed E-state index contributed by atoms with van der Waals surface area (Å²) in [7, 11) is 0. The Morgan fingerprint density at radius 2 is 1.67 bits per heavy atom. The molecule has 3 nitrogen and oxygen atoms in total. The van der Waals surface area contributed by atoms with E-state index in [1.807, 2.05) is 13.8 Å². The average Bonchev–Trinajstić information content (AvgIpc) is 3.17. The first kappa shape index (κ1) is 12.2. The van der Waals surface area contributed by atoms with Gasteiger partial charge in [-0.05, 0) is 57.3 Å². The van der Waals surface area contributed by atoms with Crippen molar-refractivity contribution in [2.24, 2.45) is 17.8 Å². The highest BCUT2D eigenvalue weighted by molar-refractivity contribution is 6.31. The quantitative estimate of drug-likeness (QED) is 0.884. The van der Waals surface area contributed by atoms with Gasteiger partial charge >= 0.3 is 0 Å². The van der Waals surface area contributed by atoms with Crippen molar-refractivity contribution < 1.29 is 0 Å². The van der Waals surface area contributed by atoms with Gasteiger partial charge in [0.1, 0.15) is 0 Å². The van der Waals surface area contributed by atoms with Crippen LogP contribution in [0.3, 0.4) is 0 Å². The predicted molar refractivity (Wildman–Crippen MR) is 73.9 cm³/mol. The molecule has 0 amide bonds. The summed E-state index contributed by atoms with van der Waals surface area (Å²) in [6, 6.07) is 0. The number of hydrogen-bond donors (Lipinski definition) is 1. The lowest BCUT2D eigenvalue weighted by Gasteiger charge is -2.17. The molecule has 1 aromatic heterocycles. The molecule has 0 aromatic carbocycles. The summed E-state index contributed by atoms with van der Waals surface area (Å²) < 4.78 is 0. The summed E-state index contributed by atoms with van der Waals surface area (Å²) in [6.45, 7) is 4.92. The minimum Gasteiger partial charge on any atom is -0.367 e. The summed E-state index contributed by atoms with van der Waals surface area (Å²) in [5.41, 5.74) is 1.86. The van der Waals surface area contributed by atoms with Gasteiger partial charge in [0, 0.05) is 6.54 Å². The van der Waals surface area contributed by atoms with E-state index < -0.39 is 0 Å². The van der Waals surface area contributed by atoms with Gasteiger partial charge in [0.15, 0.2) is 11.0 Å². The van der Waals surface area contributed by atoms with Crippen LogP contribution in [0.5, 0.6) is 0 Å². The number of hydrogen-bond acceptors (Lipinski definition) is 3. The summed E-state index contributed by atoms with van der Waals surface area (Å²) in [5.74, 6) is 3.47. The third-order valence-electron chi connectivity index (χ3n) is 4.22. The maximum absolute atomic E-state index is 6.14. The van der Waals surface area contributed by atoms with Gasteiger partial charge in [-0.1, -0.05) is 11.6 Å². The molecule has 2 fully saturated rings. The minimum absolute atomic E-state index is 0.503. The molecule has 2 aliphatic carbocycles. The van der Waals surface area contributed by atoms with Crippen LogP contribution in [-0.2, 0) is 0 Å². The van der Waals surface area contributed by atoms with Crippen molar-refractivity contribution in [3.05, 3.63) is 16.5 Å². The Balaban J connectivity index is 1.66. The number of nitrogens with zero attached hydrogens (tertiary/aromatic N) is 2. The van der Waals surface area contributed by atoms with E-state index in [4.69, 9.17) is 11.6 Å². The third-order valence-corrected chi connectivity index (χ3v) is 4.49. The average molecular weight is 266 g/mol. The second-order valence-electron chi connectivity index (χ2n) is 5.75. The van der Waals surface area contributed by atoms with E-state index in [1.165, 1.54) is 25.7 Å². The molecule has 0 saturated heterocycles. The normalized spacial score (nSPS) is 19.3. The van der Waals surface area contributed by atoms with E-state index in [-0.39, 0.29) is 0 Å². The first-order valence-electron chi connectivity index (χ1n) is 6.89. The molecule has 0 bridgehead atoms. The molecule has 0 unspecified atom stereocenters. The third kappa shape index (κ3) is 2.61. The van der Waals surface area contributed by atoms with E-state index in [0.717, 1.165) is 41.5 Å². The second kappa shape index (κ2) is 4.69. The van der Waals surface area contributed by atoms with Crippen LogP contribution >= 0.6 is 11.6 Å². The fourth-order valence-electron chi connectivity index (χ4n) is 2.67. The zero-order valence-electron chi connectivity index (χ0n) is 11.0. The van der Waals surface area contributed by atoms with Crippen molar-refractivity contribution >= 4 is 17.4 Å². The zero-order chi connectivity index (χ0) is 12.7. The van der Waals surface area contributed by atoms with Crippen LogP contribution in [0.15, 0.2) is 0 Å². The Morgan fingerprint density at radius 3 is 2.22 bits per heavy atom. The first-order chi connectivity index (χ1) is 8.65. The Bertz CT molecular complexity index is 441. The van der Waals surface area contributed by atoms with Gasteiger partial charge < -0.3 is 5.32 Å². The van der Waals surface area contributed by atoms with Crippen LogP contribution in [0.2, 0.25) is 5.15 Å². The van der Waals surface area contributed by atoms with E-state index in [1.54, 1.807) is 0 Å². The molecule has 18 heavy (non-hydrogen) atoms. The highest BCUT2D eigenvalue weighted by atomic mass is 35.5. The standard InChI is InChI=1S/C14H20ClN3/c1-8-9(2)18-14(13(15)17-8)16-7-12(10-3-4-10)11-5-6-11/h10-12H,3-7H2,1-2H3,(H,16,18). The van der Waals surface area contributed by atoms with Crippen molar-refractivity contribution in [3.63, 3.8) is 0 Å². The van der Waals surface area contributed by atoms with Crippen molar-refractivity contribution in [1.29, 1.82) is 0 Å². The van der Waals surface area contributed by atoms with Gasteiger partial charge in [0.25, 0.3) is 0 Å². The topological polar surface area (TPSA) is 37.8 Å². The van der Waals surface area contributed by atoms with Crippen LogP contribution in [0.4, 0.5) is 5.82 Å². The molecule has 0 atom stereocenters. The van der Waals surface area contributed by atoms with Crippen molar-refractivity contribution in [2.75, 3.05) is 11.9 Å². The van der Waals surface area contributed by atoms with E-state index in [2.05, 4.69) is 15.3 Å². The van der Waals surface area contributed by atoms with Gasteiger partial charge in [0.05, 0.1) is 11.4 Å². The summed E-state index contributed by atoms with van der Waals surface area (Å²) >= 11 is 6.14. The smallest absolute Gasteiger partial charge is 0.171 e. The summed E-state index contributed by atoms with van der Waals surface area (Å²) in [5, 5.41) is 3.92. The zero-order valence-corrected chi connectivity index (χ0v) is 11.8. The molecular weight excluding hydrogens is 246 g/mol. The van der Waals surface area contributed by atoms with Crippen molar-refractivity contribution in [1.82, 2.24) is 9.97 Å². The molecule has 0 spiro atoms. The largest absolute Gasteiger partial charge is 0.367 e. The Labute approximate surface area is 113 Å². The van der Waals surface area contributed by atoms with Gasteiger partial charge in [-0.2, -0.15) is 0 Å². The van der Waals surface area contributed by atoms with Gasteiger partial charge in [-0.15, -0.1) is 0 Å². The Hall–Kier alpha value is -0.830. The number of aryl methyl sites for hydroxylation is 2. The lowest BCUT2D eigenvalue weighted by atomic mass is 9.98. The number of aromatic nitrogens is 2. The van der Waals surface area contributed by atoms with Crippen LogP contribution in [0.1, 0.15) is 37.1 Å². The maximum Gasteiger partial charge on any atom is 0.171 e. The number of anilines is 1. The number of rotatable bonds is 5. The number of nitrogens with one attached hydrogen (secondary N) is 1. The van der Waals surface area contributed by atoms with Crippen LogP contribution in [0, 0.1) is 31.6 Å².